The summed E-state index contributed by atoms with van der Waals surface area (Å²) in [6.45, 7) is 22.7. The molecule has 0 saturated heterocycles. The maximum Gasteiger partial charge on any atom is 0.179 e. The topological polar surface area (TPSA) is 46.4 Å². The second-order valence-electron chi connectivity index (χ2n) is 23.7. The molecule has 3 aromatic heterocycles. The maximum atomic E-state index is 6.90. The SMILES string of the molecule is CC(C)(C)c1cc(N2[CH-]N(c3[c-]c(Oc4[c-]c5c(cc4)c4cc([Si](c6ccccc6)(c6ccccc6)c6ccccc6)ccc4n5-c4cc(C(C)(C)C)ccn4)ccc3)c3cccc(-c4cccnc4)c32)cc(C(C)(C)C)c1.[Pt]. The zero-order valence-electron chi connectivity index (χ0n) is 46.3. The molecule has 1 aliphatic heterocycles. The van der Waals surface area contributed by atoms with Gasteiger partial charge in [-0.25, -0.2) is 4.98 Å². The number of para-hydroxylation sites is 1. The minimum absolute atomic E-state index is 0. The van der Waals surface area contributed by atoms with Crippen LogP contribution in [-0.4, -0.2) is 22.6 Å². The maximum absolute atomic E-state index is 6.90. The first-order chi connectivity index (χ1) is 37.6. The van der Waals surface area contributed by atoms with Crippen molar-refractivity contribution < 1.29 is 25.8 Å². The van der Waals surface area contributed by atoms with Crippen LogP contribution >= 0.6 is 0 Å². The number of rotatable bonds is 10. The van der Waals surface area contributed by atoms with E-state index in [4.69, 9.17) is 9.72 Å². The van der Waals surface area contributed by atoms with Crippen LogP contribution in [0.3, 0.4) is 0 Å². The number of ether oxygens (including phenoxy) is 1. The van der Waals surface area contributed by atoms with Gasteiger partial charge in [-0.2, -0.15) is 12.1 Å². The molecule has 8 heteroatoms. The molecule has 8 aromatic carbocycles. The monoisotopic (exact) mass is 1230 g/mol. The van der Waals surface area contributed by atoms with Crippen molar-refractivity contribution in [3.63, 3.8) is 0 Å². The van der Waals surface area contributed by atoms with Gasteiger partial charge in [-0.3, -0.25) is 4.98 Å². The van der Waals surface area contributed by atoms with Crippen LogP contribution in [0.5, 0.6) is 11.5 Å². The first-order valence-electron chi connectivity index (χ1n) is 27.0. The van der Waals surface area contributed by atoms with E-state index in [0.717, 1.165) is 61.5 Å². The fraction of sp³-hybridized carbons (Fsp3) is 0.169. The third-order valence-electron chi connectivity index (χ3n) is 15.4. The van der Waals surface area contributed by atoms with Crippen molar-refractivity contribution in [3.05, 3.63) is 254 Å². The molecular formula is C71H64N5OPtSi-3. The number of aromatic nitrogens is 3. The molecule has 6 nitrogen and oxygen atoms in total. The molecule has 0 fully saturated rings. The number of hydrogen-bond donors (Lipinski definition) is 0. The minimum atomic E-state index is -2.85. The van der Waals surface area contributed by atoms with Gasteiger partial charge in [0.05, 0.1) is 0 Å². The zero-order chi connectivity index (χ0) is 54.0. The summed E-state index contributed by atoms with van der Waals surface area (Å²) >= 11 is 0. The molecule has 4 heterocycles. The predicted octanol–water partition coefficient (Wildman–Crippen LogP) is 15.3. The third kappa shape index (κ3) is 9.82. The summed E-state index contributed by atoms with van der Waals surface area (Å²) in [6.07, 6.45) is 5.70. The summed E-state index contributed by atoms with van der Waals surface area (Å²) < 4.78 is 9.16. The van der Waals surface area contributed by atoms with Crippen molar-refractivity contribution >= 4 is 73.4 Å². The number of fused-ring (bicyclic) bond motifs is 4. The second-order valence-corrected chi connectivity index (χ2v) is 27.5. The summed E-state index contributed by atoms with van der Waals surface area (Å²) in [5.41, 5.74) is 11.7. The molecule has 0 aliphatic carbocycles. The van der Waals surface area contributed by atoms with Gasteiger partial charge in [0.2, 0.25) is 0 Å². The Kier molecular flexibility index (Phi) is 14.0. The molecular weight excluding hydrogens is 1160 g/mol. The molecule has 11 aromatic rings. The van der Waals surface area contributed by atoms with Crippen LogP contribution in [0.25, 0.3) is 38.8 Å². The summed E-state index contributed by atoms with van der Waals surface area (Å²) in [5.74, 6) is 1.98. The van der Waals surface area contributed by atoms with Crippen LogP contribution in [-0.2, 0) is 37.3 Å². The predicted molar refractivity (Wildman–Crippen MR) is 327 cm³/mol. The average molecular weight is 1230 g/mol. The fourth-order valence-corrected chi connectivity index (χ4v) is 16.0. The first kappa shape index (κ1) is 53.2. The van der Waals surface area contributed by atoms with E-state index in [9.17, 15) is 0 Å². The summed E-state index contributed by atoms with van der Waals surface area (Å²) in [7, 11) is -2.85. The van der Waals surface area contributed by atoms with Gasteiger partial charge in [0, 0.05) is 84.9 Å². The Bertz CT molecular complexity index is 3860. The molecule has 0 saturated carbocycles. The summed E-state index contributed by atoms with van der Waals surface area (Å²) in [5, 5.41) is 7.46. The average Bonchev–Trinajstić information content (AvgIpc) is 4.25. The van der Waals surface area contributed by atoms with Crippen molar-refractivity contribution in [2.45, 2.75) is 78.6 Å². The van der Waals surface area contributed by atoms with Crippen LogP contribution in [0.1, 0.15) is 79.0 Å². The number of anilines is 4. The Labute approximate surface area is 481 Å². The standard InChI is InChI=1S/C71H64N5OSi.Pt/c1-69(2,3)50-37-39-73-67(43-50)76-64-36-34-60(78(57-25-13-10-14-26-57,58-27-15-11-16-28-58)59-29-17-12-18-30-59)46-63(64)62-35-33-56(45-66(62)76)77-55-24-19-23-53(44-55)74-48-75(54-41-51(70(4,5)6)40-52(42-54)71(7,8)9)68-61(31-20-32-65(68)74)49-22-21-38-72-47-49;/h10-43,46-48H,1-9H3;/q-3;. The van der Waals surface area contributed by atoms with Gasteiger partial charge in [-0.15, -0.1) is 48.1 Å². The Morgan fingerprint density at radius 2 is 1.11 bits per heavy atom. The van der Waals surface area contributed by atoms with E-state index in [2.05, 4.69) is 276 Å². The molecule has 0 N–H and O–H groups in total. The molecule has 12 rings (SSSR count). The second kappa shape index (κ2) is 20.8. The molecule has 1 aliphatic rings. The van der Waals surface area contributed by atoms with Crippen LogP contribution < -0.4 is 35.3 Å². The van der Waals surface area contributed by atoms with E-state index in [1.54, 1.807) is 0 Å². The van der Waals surface area contributed by atoms with Crippen molar-refractivity contribution in [3.8, 4) is 28.4 Å². The number of pyridine rings is 2. The van der Waals surface area contributed by atoms with E-state index in [1.165, 1.54) is 37.4 Å². The molecule has 0 atom stereocenters. The van der Waals surface area contributed by atoms with E-state index in [0.29, 0.717) is 11.5 Å². The van der Waals surface area contributed by atoms with Crippen LogP contribution in [0, 0.1) is 18.8 Å². The van der Waals surface area contributed by atoms with E-state index in [1.807, 2.05) is 42.9 Å². The van der Waals surface area contributed by atoms with Gasteiger partial charge in [0.1, 0.15) is 5.82 Å². The largest absolute Gasteiger partial charge is 0.509 e. The quantitative estimate of drug-likeness (QED) is 0.0776. The normalized spacial score (nSPS) is 12.9. The summed E-state index contributed by atoms with van der Waals surface area (Å²) in [4.78, 5) is 14.2. The number of benzene rings is 8. The van der Waals surface area contributed by atoms with Crippen molar-refractivity contribution in [1.29, 1.82) is 0 Å². The third-order valence-corrected chi connectivity index (χ3v) is 20.2. The molecule has 79 heavy (non-hydrogen) atoms. The van der Waals surface area contributed by atoms with Gasteiger partial charge >= 0.3 is 0 Å². The van der Waals surface area contributed by atoms with E-state index >= 15 is 0 Å². The van der Waals surface area contributed by atoms with Crippen molar-refractivity contribution in [2.24, 2.45) is 0 Å². The molecule has 0 spiro atoms. The smallest absolute Gasteiger partial charge is 0.179 e. The van der Waals surface area contributed by atoms with Gasteiger partial charge in [0.15, 0.2) is 8.07 Å². The number of hydrogen-bond acceptors (Lipinski definition) is 5. The molecule has 0 amide bonds. The fourth-order valence-electron chi connectivity index (χ4n) is 11.3. The first-order valence-corrected chi connectivity index (χ1v) is 29.0. The Morgan fingerprint density at radius 1 is 0.494 bits per heavy atom. The number of nitrogens with zero attached hydrogens (tertiary/aromatic N) is 5. The van der Waals surface area contributed by atoms with Gasteiger partial charge in [0.25, 0.3) is 0 Å². The van der Waals surface area contributed by atoms with E-state index in [-0.39, 0.29) is 37.3 Å². The summed E-state index contributed by atoms with van der Waals surface area (Å²) in [6, 6.07) is 80.3. The van der Waals surface area contributed by atoms with Crippen LogP contribution in [0.2, 0.25) is 0 Å². The van der Waals surface area contributed by atoms with Gasteiger partial charge < -0.3 is 19.1 Å². The van der Waals surface area contributed by atoms with Crippen LogP contribution in [0.15, 0.2) is 219 Å². The van der Waals surface area contributed by atoms with Crippen molar-refractivity contribution in [2.75, 3.05) is 9.80 Å². The Morgan fingerprint density at radius 3 is 1.72 bits per heavy atom. The minimum Gasteiger partial charge on any atom is -0.509 e. The van der Waals surface area contributed by atoms with E-state index < -0.39 is 8.07 Å². The van der Waals surface area contributed by atoms with Gasteiger partial charge in [-0.1, -0.05) is 195 Å². The van der Waals surface area contributed by atoms with Crippen molar-refractivity contribution in [1.82, 2.24) is 14.5 Å². The van der Waals surface area contributed by atoms with Gasteiger partial charge in [-0.05, 0) is 102 Å². The molecule has 0 radical (unpaired) electrons. The molecule has 0 bridgehead atoms. The Balaban J connectivity index is 0.00000660. The Hall–Kier alpha value is -7.83. The molecule has 396 valence electrons. The van der Waals surface area contributed by atoms with Crippen LogP contribution in [0.4, 0.5) is 22.7 Å². The zero-order valence-corrected chi connectivity index (χ0v) is 49.6. The molecule has 0 unspecified atom stereocenters.